The summed E-state index contributed by atoms with van der Waals surface area (Å²) in [6.45, 7) is 4.32. The molecule has 0 aromatic rings. The first kappa shape index (κ1) is 15.6. The third kappa shape index (κ3) is 11.1. The van der Waals surface area contributed by atoms with Crippen molar-refractivity contribution in [3.63, 3.8) is 0 Å². The Kier molecular flexibility index (Phi) is 7.25. The minimum Gasteiger partial charge on any atom is -0.418 e. The molecule has 1 aliphatic heterocycles. The van der Waals surface area contributed by atoms with Crippen LogP contribution in [0.25, 0.3) is 0 Å². The summed E-state index contributed by atoms with van der Waals surface area (Å²) in [6.07, 6.45) is 4.20. The number of hydrogen-bond acceptors (Lipinski definition) is 3. The van der Waals surface area contributed by atoms with Crippen molar-refractivity contribution in [1.29, 1.82) is 0 Å². The van der Waals surface area contributed by atoms with Crippen LogP contribution in [0, 0.1) is 0 Å². The lowest BCUT2D eigenvalue weighted by molar-refractivity contribution is 0.308. The molecule has 0 atom stereocenters. The highest BCUT2D eigenvalue weighted by Crippen LogP contribution is 2.06. The fourth-order valence-electron chi connectivity index (χ4n) is 0.794. The smallest absolute Gasteiger partial charge is 0.418 e. The molecule has 0 saturated carbocycles. The lowest BCUT2D eigenvalue weighted by Crippen LogP contribution is -2.21. The van der Waals surface area contributed by atoms with E-state index in [2.05, 4.69) is 36.2 Å². The fourth-order valence-corrected chi connectivity index (χ4v) is 0.794. The second kappa shape index (κ2) is 6.53. The summed E-state index contributed by atoms with van der Waals surface area (Å²) in [5.41, 5.74) is 0. The van der Waals surface area contributed by atoms with Gasteiger partial charge in [-0.1, -0.05) is 0 Å². The zero-order valence-electron chi connectivity index (χ0n) is 8.26. The van der Waals surface area contributed by atoms with Gasteiger partial charge in [0.05, 0.1) is 6.67 Å². The van der Waals surface area contributed by atoms with Gasteiger partial charge in [0.2, 0.25) is 0 Å². The van der Waals surface area contributed by atoms with E-state index >= 15 is 0 Å². The molecule has 3 nitrogen and oxygen atoms in total. The highest BCUT2D eigenvalue weighted by atomic mass is 19.5. The molecule has 0 aromatic carbocycles. The predicted octanol–water partition coefficient (Wildman–Crippen LogP) is 2.14. The molecule has 1 aliphatic rings. The van der Waals surface area contributed by atoms with Crippen molar-refractivity contribution in [3.05, 3.63) is 12.4 Å². The van der Waals surface area contributed by atoms with Gasteiger partial charge in [0.1, 0.15) is 0 Å². The molecule has 14 heavy (non-hydrogen) atoms. The third-order valence-corrected chi connectivity index (χ3v) is 1.34. The van der Waals surface area contributed by atoms with Crippen molar-refractivity contribution >= 4 is 7.25 Å². The number of hydrogen-bond donors (Lipinski definition) is 1. The molecule has 0 bridgehead atoms. The Morgan fingerprint density at radius 1 is 1.21 bits per heavy atom. The molecule has 0 saturated heterocycles. The molecule has 0 unspecified atom stereocenters. The van der Waals surface area contributed by atoms with E-state index in [9.17, 15) is 17.3 Å². The molecule has 0 spiro atoms. The van der Waals surface area contributed by atoms with Crippen molar-refractivity contribution in [2.24, 2.45) is 0 Å². The minimum absolute atomic E-state index is 0. The van der Waals surface area contributed by atoms with Gasteiger partial charge in [-0.15, -0.1) is 0 Å². The molecule has 8 heteroatoms. The second-order valence-electron chi connectivity index (χ2n) is 2.60. The molecule has 86 valence electrons. The van der Waals surface area contributed by atoms with Crippen LogP contribution < -0.4 is 6.15 Å². The first-order chi connectivity index (χ1) is 5.83. The maximum Gasteiger partial charge on any atom is 0.673 e. The van der Waals surface area contributed by atoms with Crippen LogP contribution in [0.15, 0.2) is 12.4 Å². The Labute approximate surface area is 81.0 Å². The van der Waals surface area contributed by atoms with Crippen LogP contribution in [-0.4, -0.2) is 37.3 Å². The van der Waals surface area contributed by atoms with Crippen LogP contribution in [0.5, 0.6) is 0 Å². The maximum absolute atomic E-state index is 9.75. The van der Waals surface area contributed by atoms with Crippen molar-refractivity contribution in [1.82, 2.24) is 16.0 Å². The highest BCUT2D eigenvalue weighted by Gasteiger charge is 2.20. The summed E-state index contributed by atoms with van der Waals surface area (Å²) in [4.78, 5) is 4.41. The van der Waals surface area contributed by atoms with Gasteiger partial charge in [-0.05, 0) is 6.92 Å². The Hall–Kier alpha value is -0.915. The SMILES string of the molecule is CCN1C=CN(C)C1.F[B-](F)(F)F.N. The lowest BCUT2D eigenvalue weighted by atomic mass is 10.3. The summed E-state index contributed by atoms with van der Waals surface area (Å²) in [7, 11) is -3.92. The molecule has 0 fully saturated rings. The van der Waals surface area contributed by atoms with Crippen molar-refractivity contribution in [2.75, 3.05) is 20.3 Å². The van der Waals surface area contributed by atoms with Gasteiger partial charge in [0.15, 0.2) is 0 Å². The zero-order valence-corrected chi connectivity index (χ0v) is 8.26. The zero-order chi connectivity index (χ0) is 10.5. The largest absolute Gasteiger partial charge is 0.673 e. The summed E-state index contributed by atoms with van der Waals surface area (Å²) in [6, 6.07) is 0. The first-order valence-electron chi connectivity index (χ1n) is 3.83. The van der Waals surface area contributed by atoms with E-state index in [4.69, 9.17) is 0 Å². The highest BCUT2D eigenvalue weighted by molar-refractivity contribution is 6.50. The van der Waals surface area contributed by atoms with E-state index in [0.29, 0.717) is 0 Å². The fraction of sp³-hybridized carbons (Fsp3) is 0.667. The van der Waals surface area contributed by atoms with Gasteiger partial charge in [-0.3, -0.25) is 0 Å². The monoisotopic (exact) mass is 216 g/mol. The number of nitrogens with zero attached hydrogens (tertiary/aromatic N) is 2. The summed E-state index contributed by atoms with van der Waals surface area (Å²) in [5.74, 6) is 0. The van der Waals surface area contributed by atoms with E-state index < -0.39 is 7.25 Å². The van der Waals surface area contributed by atoms with Gasteiger partial charge < -0.3 is 33.2 Å². The van der Waals surface area contributed by atoms with E-state index in [1.807, 2.05) is 0 Å². The molecule has 0 aliphatic carbocycles. The quantitative estimate of drug-likeness (QED) is 0.539. The molecule has 3 N–H and O–H groups in total. The van der Waals surface area contributed by atoms with E-state index in [1.54, 1.807) is 0 Å². The summed E-state index contributed by atoms with van der Waals surface area (Å²) >= 11 is 0. The molecule has 0 radical (unpaired) electrons. The standard InChI is InChI=1S/C6H12N2.BF4.H3N/c1-3-8-5-4-7(2)6-8;2-1(3,4)5;/h4-5H,3,6H2,1-2H3;;1H3/q;-1;. The van der Waals surface area contributed by atoms with E-state index in [0.717, 1.165) is 13.2 Å². The summed E-state index contributed by atoms with van der Waals surface area (Å²) in [5, 5.41) is 0. The van der Waals surface area contributed by atoms with Crippen LogP contribution in [0.2, 0.25) is 0 Å². The van der Waals surface area contributed by atoms with Crippen LogP contribution in [-0.2, 0) is 0 Å². The van der Waals surface area contributed by atoms with Crippen LogP contribution in [0.1, 0.15) is 6.92 Å². The predicted molar refractivity (Wildman–Crippen MR) is 49.4 cm³/mol. The molecule has 1 heterocycles. The van der Waals surface area contributed by atoms with E-state index in [1.165, 1.54) is 0 Å². The van der Waals surface area contributed by atoms with Crippen molar-refractivity contribution in [3.8, 4) is 0 Å². The Balaban J connectivity index is 0. The number of halogens is 4. The number of rotatable bonds is 1. The van der Waals surface area contributed by atoms with Gasteiger partial charge in [0, 0.05) is 26.0 Å². The Morgan fingerprint density at radius 3 is 1.79 bits per heavy atom. The van der Waals surface area contributed by atoms with Crippen molar-refractivity contribution in [2.45, 2.75) is 6.92 Å². The van der Waals surface area contributed by atoms with Gasteiger partial charge >= 0.3 is 7.25 Å². The average molecular weight is 216 g/mol. The van der Waals surface area contributed by atoms with Crippen LogP contribution in [0.4, 0.5) is 17.3 Å². The molecular formula is C6H15BF4N3-. The minimum atomic E-state index is -6.00. The van der Waals surface area contributed by atoms with Gasteiger partial charge in [0.25, 0.3) is 0 Å². The Morgan fingerprint density at radius 2 is 1.64 bits per heavy atom. The second-order valence-corrected chi connectivity index (χ2v) is 2.60. The molecule has 0 amide bonds. The lowest BCUT2D eigenvalue weighted by Gasteiger charge is -2.14. The van der Waals surface area contributed by atoms with Gasteiger partial charge in [-0.2, -0.15) is 0 Å². The van der Waals surface area contributed by atoms with Crippen molar-refractivity contribution < 1.29 is 17.3 Å². The van der Waals surface area contributed by atoms with Crippen LogP contribution in [0.3, 0.4) is 0 Å². The van der Waals surface area contributed by atoms with Gasteiger partial charge in [-0.25, -0.2) is 0 Å². The first-order valence-corrected chi connectivity index (χ1v) is 3.83. The van der Waals surface area contributed by atoms with Crippen LogP contribution >= 0.6 is 0 Å². The molecule has 0 aromatic heterocycles. The topological polar surface area (TPSA) is 41.5 Å². The maximum atomic E-state index is 9.75. The third-order valence-electron chi connectivity index (χ3n) is 1.34. The average Bonchev–Trinajstić information content (AvgIpc) is 2.31. The molecule has 1 rings (SSSR count). The Bertz CT molecular complexity index is 167. The normalized spacial score (nSPS) is 14.7. The van der Waals surface area contributed by atoms with E-state index in [-0.39, 0.29) is 6.15 Å². The molecular weight excluding hydrogens is 201 g/mol. The summed E-state index contributed by atoms with van der Waals surface area (Å²) < 4.78 is 39.0.